The van der Waals surface area contributed by atoms with Crippen molar-refractivity contribution < 1.29 is 22.7 Å². The van der Waals surface area contributed by atoms with Gasteiger partial charge in [0.25, 0.3) is 0 Å². The number of ether oxygens (including phenoxy) is 2. The average molecular weight is 467 g/mol. The first-order valence-electron chi connectivity index (χ1n) is 8.87. The Kier molecular flexibility index (Phi) is 7.43. The smallest absolute Gasteiger partial charge is 0.307 e. The van der Waals surface area contributed by atoms with Crippen LogP contribution in [0.4, 0.5) is 0 Å². The molecule has 10 heteroatoms. The third-order valence-electron chi connectivity index (χ3n) is 4.00. The summed E-state index contributed by atoms with van der Waals surface area (Å²) in [5.41, 5.74) is 1.46. The molecule has 0 bridgehead atoms. The molecule has 1 heterocycles. The maximum absolute atomic E-state index is 12.2. The lowest BCUT2D eigenvalue weighted by molar-refractivity contribution is -0.144. The largest absolute Gasteiger partial charge is 0.496 e. The van der Waals surface area contributed by atoms with Gasteiger partial charge in [-0.15, -0.1) is 11.3 Å². The molecule has 0 aliphatic heterocycles. The van der Waals surface area contributed by atoms with Crippen LogP contribution in [0.3, 0.4) is 0 Å². The zero-order valence-corrected chi connectivity index (χ0v) is 18.4. The fourth-order valence-corrected chi connectivity index (χ4v) is 4.72. The van der Waals surface area contributed by atoms with Gasteiger partial charge in [0.1, 0.15) is 17.4 Å². The molecule has 158 valence electrons. The summed E-state index contributed by atoms with van der Waals surface area (Å²) in [5, 5.41) is 2.87. The van der Waals surface area contributed by atoms with Gasteiger partial charge in [-0.1, -0.05) is 29.8 Å². The number of methoxy groups -OCH3 is 1. The number of halogens is 1. The van der Waals surface area contributed by atoms with Crippen LogP contribution < -0.4 is 9.46 Å². The van der Waals surface area contributed by atoms with E-state index in [0.717, 1.165) is 10.6 Å². The van der Waals surface area contributed by atoms with Crippen molar-refractivity contribution in [2.45, 2.75) is 17.9 Å². The standard InChI is InChI=1S/C20H19ClN2O5S2/c1-27-18-8-3-2-7-17(18)20-23-15(13-29-20)12-28-19(24)9-10-22-30(25,26)16-6-4-5-14(21)11-16/h2-8,11,13,22H,9-10,12H2,1H3. The quantitative estimate of drug-likeness (QED) is 0.481. The molecule has 0 saturated heterocycles. The van der Waals surface area contributed by atoms with Crippen LogP contribution in [0.1, 0.15) is 12.1 Å². The summed E-state index contributed by atoms with van der Waals surface area (Å²) >= 11 is 7.23. The molecule has 0 aliphatic carbocycles. The number of hydrogen-bond acceptors (Lipinski definition) is 7. The van der Waals surface area contributed by atoms with E-state index in [9.17, 15) is 13.2 Å². The molecule has 0 radical (unpaired) electrons. The van der Waals surface area contributed by atoms with Crippen molar-refractivity contribution in [3.05, 3.63) is 64.6 Å². The average Bonchev–Trinajstić information content (AvgIpc) is 3.21. The van der Waals surface area contributed by atoms with Crippen molar-refractivity contribution in [1.29, 1.82) is 0 Å². The molecule has 1 N–H and O–H groups in total. The summed E-state index contributed by atoms with van der Waals surface area (Å²) in [6.07, 6.45) is -0.108. The van der Waals surface area contributed by atoms with Crippen LogP contribution in [0.25, 0.3) is 10.6 Å². The van der Waals surface area contributed by atoms with Crippen LogP contribution in [0.5, 0.6) is 5.75 Å². The van der Waals surface area contributed by atoms with Gasteiger partial charge in [0.15, 0.2) is 0 Å². The maximum Gasteiger partial charge on any atom is 0.307 e. The number of nitrogens with zero attached hydrogens (tertiary/aromatic N) is 1. The highest BCUT2D eigenvalue weighted by atomic mass is 35.5. The van der Waals surface area contributed by atoms with Gasteiger partial charge in [0.05, 0.1) is 29.7 Å². The van der Waals surface area contributed by atoms with Crippen LogP contribution in [-0.4, -0.2) is 33.0 Å². The topological polar surface area (TPSA) is 94.6 Å². The number of nitrogens with one attached hydrogen (secondary N) is 1. The lowest BCUT2D eigenvalue weighted by Gasteiger charge is -2.07. The van der Waals surface area contributed by atoms with E-state index in [1.165, 1.54) is 29.5 Å². The lowest BCUT2D eigenvalue weighted by Crippen LogP contribution is -2.26. The number of sulfonamides is 1. The van der Waals surface area contributed by atoms with Crippen molar-refractivity contribution in [2.24, 2.45) is 0 Å². The van der Waals surface area contributed by atoms with Gasteiger partial charge >= 0.3 is 5.97 Å². The summed E-state index contributed by atoms with van der Waals surface area (Å²) in [5.74, 6) is 0.179. The number of carbonyl (C=O) groups excluding carboxylic acids is 1. The molecule has 7 nitrogen and oxygen atoms in total. The van der Waals surface area contributed by atoms with Gasteiger partial charge in [-0.3, -0.25) is 4.79 Å². The van der Waals surface area contributed by atoms with Crippen molar-refractivity contribution in [1.82, 2.24) is 9.71 Å². The molecule has 0 spiro atoms. The van der Waals surface area contributed by atoms with Gasteiger partial charge in [0, 0.05) is 16.9 Å². The fraction of sp³-hybridized carbons (Fsp3) is 0.200. The first-order chi connectivity index (χ1) is 14.4. The normalized spacial score (nSPS) is 11.3. The van der Waals surface area contributed by atoms with Crippen LogP contribution in [-0.2, 0) is 26.2 Å². The van der Waals surface area contributed by atoms with Crippen molar-refractivity contribution >= 4 is 38.9 Å². The van der Waals surface area contributed by atoms with E-state index < -0.39 is 16.0 Å². The molecule has 3 rings (SSSR count). The molecule has 1 aromatic heterocycles. The molecule has 3 aromatic rings. The number of aromatic nitrogens is 1. The molecule has 0 amide bonds. The summed E-state index contributed by atoms with van der Waals surface area (Å²) in [6, 6.07) is 13.4. The van der Waals surface area contributed by atoms with Crippen LogP contribution in [0.2, 0.25) is 5.02 Å². The lowest BCUT2D eigenvalue weighted by atomic mass is 10.2. The van der Waals surface area contributed by atoms with Gasteiger partial charge in [-0.25, -0.2) is 18.1 Å². The van der Waals surface area contributed by atoms with E-state index in [2.05, 4.69) is 9.71 Å². The second kappa shape index (κ2) is 10.0. The number of hydrogen-bond donors (Lipinski definition) is 1. The molecule has 0 fully saturated rings. The molecule has 0 unspecified atom stereocenters. The summed E-state index contributed by atoms with van der Waals surface area (Å²) in [4.78, 5) is 16.5. The summed E-state index contributed by atoms with van der Waals surface area (Å²) in [6.45, 7) is -0.0806. The molecular weight excluding hydrogens is 448 g/mol. The number of esters is 1. The van der Waals surface area contributed by atoms with E-state index >= 15 is 0 Å². The van der Waals surface area contributed by atoms with E-state index in [1.807, 2.05) is 24.3 Å². The first kappa shape index (κ1) is 22.2. The first-order valence-corrected chi connectivity index (χ1v) is 11.6. The third kappa shape index (κ3) is 5.79. The van der Waals surface area contributed by atoms with E-state index in [0.29, 0.717) is 16.5 Å². The fourth-order valence-electron chi connectivity index (χ4n) is 2.55. The molecule has 0 atom stereocenters. The van der Waals surface area contributed by atoms with Crippen LogP contribution in [0.15, 0.2) is 58.8 Å². The second-order valence-electron chi connectivity index (χ2n) is 6.11. The monoisotopic (exact) mass is 466 g/mol. The molecule has 0 saturated carbocycles. The third-order valence-corrected chi connectivity index (χ3v) is 6.62. The van der Waals surface area contributed by atoms with E-state index in [-0.39, 0.29) is 24.5 Å². The highest BCUT2D eigenvalue weighted by Crippen LogP contribution is 2.31. The zero-order valence-electron chi connectivity index (χ0n) is 16.0. The summed E-state index contributed by atoms with van der Waals surface area (Å²) in [7, 11) is -2.15. The van der Waals surface area contributed by atoms with Crippen LogP contribution in [0, 0.1) is 0 Å². The minimum absolute atomic E-state index is 0.00548. The maximum atomic E-state index is 12.2. The van der Waals surface area contributed by atoms with Gasteiger partial charge in [-0.2, -0.15) is 0 Å². The van der Waals surface area contributed by atoms with E-state index in [4.69, 9.17) is 21.1 Å². The highest BCUT2D eigenvalue weighted by Gasteiger charge is 2.15. The SMILES string of the molecule is COc1ccccc1-c1nc(COC(=O)CCNS(=O)(=O)c2cccc(Cl)c2)cs1. The Hall–Kier alpha value is -2.46. The predicted octanol–water partition coefficient (Wildman–Crippen LogP) is 3.88. The predicted molar refractivity (Wildman–Crippen MR) is 115 cm³/mol. The van der Waals surface area contributed by atoms with E-state index in [1.54, 1.807) is 18.6 Å². The molecule has 0 aliphatic rings. The highest BCUT2D eigenvalue weighted by molar-refractivity contribution is 7.89. The zero-order chi connectivity index (χ0) is 21.6. The number of carbonyl (C=O) groups is 1. The number of thiazole rings is 1. The van der Waals surface area contributed by atoms with Crippen molar-refractivity contribution in [2.75, 3.05) is 13.7 Å². The Morgan fingerprint density at radius 3 is 2.77 bits per heavy atom. The Bertz CT molecular complexity index is 1130. The van der Waals surface area contributed by atoms with Crippen molar-refractivity contribution in [3.63, 3.8) is 0 Å². The van der Waals surface area contributed by atoms with Gasteiger partial charge < -0.3 is 9.47 Å². The Morgan fingerprint density at radius 2 is 2.00 bits per heavy atom. The molecule has 2 aromatic carbocycles. The molecular formula is C20H19ClN2O5S2. The number of rotatable bonds is 9. The van der Waals surface area contributed by atoms with Gasteiger partial charge in [-0.05, 0) is 30.3 Å². The molecule has 30 heavy (non-hydrogen) atoms. The Morgan fingerprint density at radius 1 is 1.20 bits per heavy atom. The number of benzene rings is 2. The summed E-state index contributed by atoms with van der Waals surface area (Å²) < 4.78 is 37.3. The van der Waals surface area contributed by atoms with Crippen LogP contribution >= 0.6 is 22.9 Å². The minimum Gasteiger partial charge on any atom is -0.496 e. The Labute approximate surface area is 183 Å². The van der Waals surface area contributed by atoms with Gasteiger partial charge in [0.2, 0.25) is 10.0 Å². The number of para-hydroxylation sites is 1. The second-order valence-corrected chi connectivity index (χ2v) is 9.17. The minimum atomic E-state index is -3.74. The van der Waals surface area contributed by atoms with Crippen molar-refractivity contribution in [3.8, 4) is 16.3 Å². The Balaban J connectivity index is 1.49.